The molecule has 1 heterocycles. The van der Waals surface area contributed by atoms with Gasteiger partial charge in [-0.05, 0) is 35.9 Å². The number of carboxylic acid groups (broad SMARTS) is 1. The van der Waals surface area contributed by atoms with Crippen LogP contribution in [0.2, 0.25) is 0 Å². The molecule has 0 aromatic heterocycles. The van der Waals surface area contributed by atoms with Gasteiger partial charge in [0.05, 0.1) is 23.9 Å². The van der Waals surface area contributed by atoms with Crippen molar-refractivity contribution in [1.29, 1.82) is 0 Å². The Morgan fingerprint density at radius 1 is 1.06 bits per heavy atom. The first-order chi connectivity index (χ1) is 14.8. The largest absolute Gasteiger partial charge is 0.497 e. The molecular weight excluding hydrogens is 411 g/mol. The number of allylic oxidation sites excluding steroid dienone is 2. The Kier molecular flexibility index (Phi) is 5.10. The summed E-state index contributed by atoms with van der Waals surface area (Å²) in [5.74, 6) is -4.25. The van der Waals surface area contributed by atoms with E-state index in [0.717, 1.165) is 6.07 Å². The summed E-state index contributed by atoms with van der Waals surface area (Å²) < 4.78 is 53.7. The van der Waals surface area contributed by atoms with Gasteiger partial charge in [0.15, 0.2) is 11.6 Å². The fourth-order valence-electron chi connectivity index (χ4n) is 4.07. The van der Waals surface area contributed by atoms with Crippen LogP contribution in [0.5, 0.6) is 5.75 Å². The van der Waals surface area contributed by atoms with E-state index in [1.54, 1.807) is 30.1 Å². The summed E-state index contributed by atoms with van der Waals surface area (Å²) in [7, 11) is 4.53. The molecule has 2 aromatic rings. The molecule has 8 heteroatoms. The topological polar surface area (TPSA) is 59.0 Å². The summed E-state index contributed by atoms with van der Waals surface area (Å²) >= 11 is 0. The SMILES string of the molecule is COc1ccc2c(c1)N(C)C1=CC=C(c3c(F)ccc(F)c3F)C(OC)C1=C2C(=O)O. The Labute approximate surface area is 176 Å². The zero-order valence-corrected chi connectivity index (χ0v) is 16.9. The van der Waals surface area contributed by atoms with Crippen LogP contribution in [0.25, 0.3) is 11.1 Å². The average molecular weight is 429 g/mol. The minimum atomic E-state index is -1.36. The molecule has 1 N–H and O–H groups in total. The van der Waals surface area contributed by atoms with Gasteiger partial charge in [-0.2, -0.15) is 0 Å². The molecule has 0 amide bonds. The second-order valence-corrected chi connectivity index (χ2v) is 7.04. The number of ether oxygens (including phenoxy) is 2. The van der Waals surface area contributed by atoms with E-state index in [1.807, 2.05) is 0 Å². The van der Waals surface area contributed by atoms with Crippen molar-refractivity contribution in [2.24, 2.45) is 0 Å². The molecular formula is C23H18F3NO4. The number of methoxy groups -OCH3 is 2. The van der Waals surface area contributed by atoms with Crippen LogP contribution in [-0.4, -0.2) is 38.4 Å². The molecule has 1 aliphatic heterocycles. The van der Waals surface area contributed by atoms with E-state index < -0.39 is 35.1 Å². The monoisotopic (exact) mass is 429 g/mol. The van der Waals surface area contributed by atoms with Gasteiger partial charge in [0, 0.05) is 37.1 Å². The number of likely N-dealkylation sites (N-methyl/N-ethyl adjacent to an activating group) is 1. The first-order valence-electron chi connectivity index (χ1n) is 9.28. The van der Waals surface area contributed by atoms with Crippen molar-refractivity contribution < 1.29 is 32.5 Å². The third-order valence-corrected chi connectivity index (χ3v) is 5.49. The summed E-state index contributed by atoms with van der Waals surface area (Å²) in [4.78, 5) is 14.1. The third kappa shape index (κ3) is 3.11. The first kappa shape index (κ1) is 20.7. The number of anilines is 1. The van der Waals surface area contributed by atoms with E-state index in [2.05, 4.69) is 0 Å². The van der Waals surface area contributed by atoms with E-state index >= 15 is 0 Å². The molecule has 0 radical (unpaired) electrons. The van der Waals surface area contributed by atoms with E-state index in [9.17, 15) is 23.1 Å². The van der Waals surface area contributed by atoms with Crippen molar-refractivity contribution in [1.82, 2.24) is 0 Å². The Morgan fingerprint density at radius 3 is 2.42 bits per heavy atom. The Hall–Kier alpha value is -3.52. The highest BCUT2D eigenvalue weighted by Crippen LogP contribution is 2.47. The Bertz CT molecular complexity index is 1200. The fraction of sp³-hybridized carbons (Fsp3) is 0.174. The predicted molar refractivity (Wildman–Crippen MR) is 109 cm³/mol. The molecule has 5 nitrogen and oxygen atoms in total. The summed E-state index contributed by atoms with van der Waals surface area (Å²) in [6.45, 7) is 0. The quantitative estimate of drug-likeness (QED) is 0.731. The van der Waals surface area contributed by atoms with E-state index in [1.165, 1.54) is 26.4 Å². The highest BCUT2D eigenvalue weighted by Gasteiger charge is 2.39. The van der Waals surface area contributed by atoms with Gasteiger partial charge in [-0.3, -0.25) is 0 Å². The third-order valence-electron chi connectivity index (χ3n) is 5.49. The summed E-state index contributed by atoms with van der Waals surface area (Å²) in [5.41, 5.74) is 0.994. The smallest absolute Gasteiger partial charge is 0.336 e. The Morgan fingerprint density at radius 2 is 1.77 bits per heavy atom. The van der Waals surface area contributed by atoms with Crippen LogP contribution in [0.3, 0.4) is 0 Å². The van der Waals surface area contributed by atoms with Crippen molar-refractivity contribution in [2.45, 2.75) is 6.10 Å². The zero-order chi connectivity index (χ0) is 22.4. The molecule has 1 atom stereocenters. The van der Waals surface area contributed by atoms with E-state index in [-0.39, 0.29) is 16.7 Å². The van der Waals surface area contributed by atoms with Crippen molar-refractivity contribution in [3.8, 4) is 5.75 Å². The molecule has 0 saturated heterocycles. The average Bonchev–Trinajstić information content (AvgIpc) is 2.76. The Balaban J connectivity index is 2.02. The van der Waals surface area contributed by atoms with Crippen LogP contribution in [0, 0.1) is 17.5 Å². The summed E-state index contributed by atoms with van der Waals surface area (Å²) in [5, 5.41) is 10.0. The minimum absolute atomic E-state index is 0.0140. The van der Waals surface area contributed by atoms with Gasteiger partial charge >= 0.3 is 5.97 Å². The lowest BCUT2D eigenvalue weighted by atomic mass is 9.81. The molecule has 160 valence electrons. The number of nitrogens with zero attached hydrogens (tertiary/aromatic N) is 1. The van der Waals surface area contributed by atoms with Gasteiger partial charge in [0.2, 0.25) is 0 Å². The van der Waals surface area contributed by atoms with Crippen LogP contribution >= 0.6 is 0 Å². The van der Waals surface area contributed by atoms with Gasteiger partial charge < -0.3 is 19.5 Å². The number of carbonyl (C=O) groups is 1. The van der Waals surface area contributed by atoms with Gasteiger partial charge in [-0.15, -0.1) is 0 Å². The number of fused-ring (bicyclic) bond motifs is 2. The highest BCUT2D eigenvalue weighted by atomic mass is 19.2. The maximum Gasteiger partial charge on any atom is 0.336 e. The van der Waals surface area contributed by atoms with Gasteiger partial charge in [-0.25, -0.2) is 18.0 Å². The van der Waals surface area contributed by atoms with Gasteiger partial charge in [0.25, 0.3) is 0 Å². The molecule has 31 heavy (non-hydrogen) atoms. The van der Waals surface area contributed by atoms with Gasteiger partial charge in [-0.1, -0.05) is 6.08 Å². The molecule has 1 aliphatic carbocycles. The van der Waals surface area contributed by atoms with Crippen LogP contribution in [0.4, 0.5) is 18.9 Å². The van der Waals surface area contributed by atoms with Crippen molar-refractivity contribution in [3.63, 3.8) is 0 Å². The van der Waals surface area contributed by atoms with Crippen LogP contribution in [-0.2, 0) is 9.53 Å². The molecule has 0 fully saturated rings. The maximum absolute atomic E-state index is 14.5. The standard InChI is InChI=1S/C23H18F3NO4/c1-27-16-9-6-13(18-14(24)7-8-15(25)21(18)26)22(31-3)20(16)19(23(28)29)12-5-4-11(30-2)10-17(12)27/h4-10,22H,1-3H3,(H,28,29). The van der Waals surface area contributed by atoms with Crippen LogP contribution in [0.1, 0.15) is 11.1 Å². The van der Waals surface area contributed by atoms with Crippen molar-refractivity contribution >= 4 is 22.8 Å². The number of hydrogen-bond donors (Lipinski definition) is 1. The van der Waals surface area contributed by atoms with E-state index in [0.29, 0.717) is 28.8 Å². The normalized spacial score (nSPS) is 17.6. The second kappa shape index (κ2) is 7.63. The summed E-state index contributed by atoms with van der Waals surface area (Å²) in [6.07, 6.45) is 1.80. The van der Waals surface area contributed by atoms with Gasteiger partial charge in [0.1, 0.15) is 17.7 Å². The lowest BCUT2D eigenvalue weighted by Crippen LogP contribution is -2.34. The lowest BCUT2D eigenvalue weighted by molar-refractivity contribution is -0.130. The predicted octanol–water partition coefficient (Wildman–Crippen LogP) is 4.40. The number of halogens is 3. The molecule has 2 aliphatic rings. The lowest BCUT2D eigenvalue weighted by Gasteiger charge is -2.38. The number of benzene rings is 2. The number of hydrogen-bond acceptors (Lipinski definition) is 4. The number of aliphatic carboxylic acids is 1. The highest BCUT2D eigenvalue weighted by molar-refractivity contribution is 6.21. The fourth-order valence-corrected chi connectivity index (χ4v) is 4.07. The molecule has 0 saturated carbocycles. The molecule has 4 rings (SSSR count). The zero-order valence-electron chi connectivity index (χ0n) is 16.9. The van der Waals surface area contributed by atoms with E-state index in [4.69, 9.17) is 9.47 Å². The maximum atomic E-state index is 14.5. The first-order valence-corrected chi connectivity index (χ1v) is 9.28. The molecule has 1 unspecified atom stereocenters. The van der Waals surface area contributed by atoms with Crippen LogP contribution < -0.4 is 9.64 Å². The molecule has 0 spiro atoms. The minimum Gasteiger partial charge on any atom is -0.497 e. The number of carboxylic acids is 1. The molecule has 2 aromatic carbocycles. The van der Waals surface area contributed by atoms with Crippen molar-refractivity contribution in [3.05, 3.63) is 82.3 Å². The summed E-state index contributed by atoms with van der Waals surface area (Å²) in [6, 6.07) is 6.44. The van der Waals surface area contributed by atoms with Crippen LogP contribution in [0.15, 0.2) is 53.8 Å². The van der Waals surface area contributed by atoms with Crippen molar-refractivity contribution in [2.75, 3.05) is 26.2 Å². The second-order valence-electron chi connectivity index (χ2n) is 7.04. The molecule has 0 bridgehead atoms. The number of rotatable bonds is 4.